The van der Waals surface area contributed by atoms with Crippen molar-refractivity contribution in [1.29, 1.82) is 0 Å². The van der Waals surface area contributed by atoms with E-state index < -0.39 is 5.54 Å². The predicted octanol–water partition coefficient (Wildman–Crippen LogP) is 4.95. The Balaban J connectivity index is 1.40. The Hall–Kier alpha value is -3.26. The molecule has 3 aromatic rings. The van der Waals surface area contributed by atoms with E-state index in [2.05, 4.69) is 29.1 Å². The minimum absolute atomic E-state index is 0.00618. The van der Waals surface area contributed by atoms with Crippen LogP contribution in [0.3, 0.4) is 0 Å². The van der Waals surface area contributed by atoms with E-state index in [0.717, 1.165) is 47.7 Å². The summed E-state index contributed by atoms with van der Waals surface area (Å²) in [4.78, 5) is 26.3. The largest absolute Gasteiger partial charge is 0.471 e. The van der Waals surface area contributed by atoms with E-state index in [1.165, 1.54) is 0 Å². The van der Waals surface area contributed by atoms with Crippen molar-refractivity contribution in [2.75, 3.05) is 5.32 Å². The van der Waals surface area contributed by atoms with Gasteiger partial charge in [-0.3, -0.25) is 0 Å². The highest BCUT2D eigenvalue weighted by atomic mass is 16.5. The van der Waals surface area contributed by atoms with Crippen molar-refractivity contribution in [3.63, 3.8) is 0 Å². The molecule has 0 aromatic carbocycles. The normalized spacial score (nSPS) is 24.3. The lowest BCUT2D eigenvalue weighted by Gasteiger charge is -2.28. The van der Waals surface area contributed by atoms with Gasteiger partial charge in [0.1, 0.15) is 23.3 Å². The lowest BCUT2D eigenvalue weighted by atomic mass is 9.86. The van der Waals surface area contributed by atoms with Crippen molar-refractivity contribution in [2.45, 2.75) is 76.5 Å². The zero-order valence-electron chi connectivity index (χ0n) is 20.6. The molecular weight excluding hydrogens is 442 g/mol. The quantitative estimate of drug-likeness (QED) is 0.484. The number of nitrogens with one attached hydrogen (secondary N) is 1. The second kappa shape index (κ2) is 7.62. The summed E-state index contributed by atoms with van der Waals surface area (Å²) in [6.07, 6.45) is 7.75. The number of nitrogens with zero attached hydrogens (tertiary/aromatic N) is 3. The first-order valence-corrected chi connectivity index (χ1v) is 12.4. The topological polar surface area (TPSA) is 112 Å². The molecule has 0 spiro atoms. The summed E-state index contributed by atoms with van der Waals surface area (Å²) in [5.41, 5.74) is 8.46. The molecule has 3 N–H and O–H groups in total. The van der Waals surface area contributed by atoms with Crippen LogP contribution in [-0.4, -0.2) is 32.6 Å². The summed E-state index contributed by atoms with van der Waals surface area (Å²) >= 11 is 0. The molecule has 2 saturated carbocycles. The third kappa shape index (κ3) is 3.89. The number of hydrogen-bond acceptors (Lipinski definition) is 8. The number of carbonyl (C=O) groups is 1. The minimum atomic E-state index is -0.484. The molecule has 35 heavy (non-hydrogen) atoms. The molecule has 8 heteroatoms. The van der Waals surface area contributed by atoms with E-state index in [4.69, 9.17) is 20.2 Å². The van der Waals surface area contributed by atoms with Gasteiger partial charge in [0, 0.05) is 23.9 Å². The molecule has 4 heterocycles. The molecule has 3 aliphatic rings. The van der Waals surface area contributed by atoms with Crippen molar-refractivity contribution >= 4 is 28.4 Å². The van der Waals surface area contributed by atoms with Crippen LogP contribution >= 0.6 is 0 Å². The molecule has 3 aromatic heterocycles. The van der Waals surface area contributed by atoms with Crippen molar-refractivity contribution < 1.29 is 14.3 Å². The van der Waals surface area contributed by atoms with Gasteiger partial charge in [0.2, 0.25) is 5.88 Å². The van der Waals surface area contributed by atoms with E-state index in [0.29, 0.717) is 29.0 Å². The van der Waals surface area contributed by atoms with Crippen molar-refractivity contribution in [3.05, 3.63) is 47.4 Å². The zero-order valence-corrected chi connectivity index (χ0v) is 20.6. The van der Waals surface area contributed by atoms with E-state index in [-0.39, 0.29) is 23.6 Å². The van der Waals surface area contributed by atoms with E-state index >= 15 is 0 Å². The van der Waals surface area contributed by atoms with Crippen molar-refractivity contribution in [3.8, 4) is 5.88 Å². The number of hydrogen-bond donors (Lipinski definition) is 2. The van der Waals surface area contributed by atoms with Crippen LogP contribution in [0.5, 0.6) is 5.88 Å². The molecule has 0 saturated heterocycles. The Bertz CT molecular complexity index is 1350. The molecule has 0 bridgehead atoms. The van der Waals surface area contributed by atoms with E-state index in [9.17, 15) is 4.79 Å². The van der Waals surface area contributed by atoms with Crippen molar-refractivity contribution in [2.24, 2.45) is 11.7 Å². The van der Waals surface area contributed by atoms with Crippen LogP contribution in [0.25, 0.3) is 10.8 Å². The van der Waals surface area contributed by atoms with E-state index in [1.807, 2.05) is 26.1 Å². The summed E-state index contributed by atoms with van der Waals surface area (Å²) in [5, 5.41) is 5.17. The maximum Gasteiger partial charge on any atom is 0.340 e. The first-order chi connectivity index (χ1) is 16.6. The lowest BCUT2D eigenvalue weighted by Crippen LogP contribution is -2.35. The van der Waals surface area contributed by atoms with Crippen LogP contribution in [0.2, 0.25) is 0 Å². The van der Waals surface area contributed by atoms with Gasteiger partial charge < -0.3 is 20.5 Å². The van der Waals surface area contributed by atoms with Gasteiger partial charge in [-0.2, -0.15) is 0 Å². The average Bonchev–Trinajstić information content (AvgIpc) is 3.74. The van der Waals surface area contributed by atoms with E-state index in [1.54, 1.807) is 18.3 Å². The summed E-state index contributed by atoms with van der Waals surface area (Å²) in [6.45, 7) is 8.10. The zero-order chi connectivity index (χ0) is 24.5. The molecule has 0 radical (unpaired) electrons. The van der Waals surface area contributed by atoms with Gasteiger partial charge in [-0.25, -0.2) is 19.7 Å². The molecule has 8 nitrogen and oxygen atoms in total. The monoisotopic (exact) mass is 473 g/mol. The van der Waals surface area contributed by atoms with Gasteiger partial charge in [-0.15, -0.1) is 0 Å². The summed E-state index contributed by atoms with van der Waals surface area (Å²) in [7, 11) is 0. The molecule has 182 valence electrons. The van der Waals surface area contributed by atoms with Crippen LogP contribution in [0.15, 0.2) is 30.6 Å². The second-order valence-corrected chi connectivity index (χ2v) is 10.9. The molecule has 0 amide bonds. The van der Waals surface area contributed by atoms with Crippen LogP contribution in [0, 0.1) is 5.92 Å². The highest BCUT2D eigenvalue weighted by Crippen LogP contribution is 2.47. The van der Waals surface area contributed by atoms with Gasteiger partial charge in [0.25, 0.3) is 0 Å². The summed E-state index contributed by atoms with van der Waals surface area (Å²) in [6, 6.07) is 5.54. The number of aromatic nitrogens is 3. The predicted molar refractivity (Wildman–Crippen MR) is 133 cm³/mol. The number of esters is 1. The molecular formula is C27H31N5O3. The van der Waals surface area contributed by atoms with Gasteiger partial charge in [-0.1, -0.05) is 6.92 Å². The number of rotatable bonds is 6. The molecule has 2 fully saturated rings. The summed E-state index contributed by atoms with van der Waals surface area (Å²) < 4.78 is 11.7. The highest BCUT2D eigenvalue weighted by molar-refractivity contribution is 5.93. The number of anilines is 2. The number of nitrogens with two attached hydrogens (primary N) is 1. The maximum atomic E-state index is 12.3. The molecule has 0 unspecified atom stereocenters. The van der Waals surface area contributed by atoms with Gasteiger partial charge >= 0.3 is 5.97 Å². The second-order valence-electron chi connectivity index (χ2n) is 10.9. The summed E-state index contributed by atoms with van der Waals surface area (Å²) in [5.74, 6) is 1.99. The number of cyclic esters (lactones) is 1. The molecule has 3 atom stereocenters. The van der Waals surface area contributed by atoms with Crippen LogP contribution < -0.4 is 15.8 Å². The van der Waals surface area contributed by atoms with Gasteiger partial charge in [-0.05, 0) is 81.5 Å². The average molecular weight is 474 g/mol. The fourth-order valence-corrected chi connectivity index (χ4v) is 4.86. The standard InChI is InChI=1S/C27H31N5O3/c1-14-15(2)34-25(33)17-7-8-21(32-23(14)17)31-22-11-18-19(12-29-22)24(35-26(3)9-10-26)30-13-20(18)27(4,28)16-5-6-16/h7-8,11-16H,5-6,9-10,28H2,1-4H3,(H,29,31,32)/t14-,15+,27-/m1/s1. The number of pyridine rings is 3. The van der Waals surface area contributed by atoms with Crippen LogP contribution in [-0.2, 0) is 10.3 Å². The Morgan fingerprint density at radius 2 is 1.91 bits per heavy atom. The maximum absolute atomic E-state index is 12.3. The van der Waals surface area contributed by atoms with Crippen molar-refractivity contribution in [1.82, 2.24) is 15.0 Å². The highest BCUT2D eigenvalue weighted by Gasteiger charge is 2.43. The Morgan fingerprint density at radius 1 is 1.14 bits per heavy atom. The molecule has 6 rings (SSSR count). The van der Waals surface area contributed by atoms with Gasteiger partial charge in [0.15, 0.2) is 0 Å². The minimum Gasteiger partial charge on any atom is -0.471 e. The fraction of sp³-hybridized carbons (Fsp3) is 0.481. The third-order valence-corrected chi connectivity index (χ3v) is 7.87. The lowest BCUT2D eigenvalue weighted by molar-refractivity contribution is 0.0235. The first kappa shape index (κ1) is 22.2. The van der Waals surface area contributed by atoms with Crippen LogP contribution in [0.1, 0.15) is 80.9 Å². The molecule has 1 aliphatic heterocycles. The first-order valence-electron chi connectivity index (χ1n) is 12.4. The Morgan fingerprint density at radius 3 is 2.63 bits per heavy atom. The van der Waals surface area contributed by atoms with Gasteiger partial charge in [0.05, 0.1) is 16.6 Å². The smallest absolute Gasteiger partial charge is 0.340 e. The Labute approximate surface area is 204 Å². The number of ether oxygens (including phenoxy) is 2. The SMILES string of the molecule is C[C@@H]1OC(=O)c2ccc(Nc3cc4c([C@](C)(N)C5CC5)cnc(OC5(C)CC5)c4cn3)nc2[C@@H]1C. The molecule has 2 aliphatic carbocycles. The number of carbonyl (C=O) groups excluding carboxylic acids is 1. The van der Waals surface area contributed by atoms with Crippen LogP contribution in [0.4, 0.5) is 11.6 Å². The number of fused-ring (bicyclic) bond motifs is 2. The Kier molecular flexibility index (Phi) is 4.84. The third-order valence-electron chi connectivity index (χ3n) is 7.87. The fourth-order valence-electron chi connectivity index (χ4n) is 4.86.